The number of rotatable bonds is 5. The first-order chi connectivity index (χ1) is 14.0. The minimum atomic E-state index is -0.312. The van der Waals surface area contributed by atoms with Crippen LogP contribution in [0.25, 0.3) is 0 Å². The van der Waals surface area contributed by atoms with Crippen molar-refractivity contribution in [1.82, 2.24) is 4.98 Å². The second-order valence-corrected chi connectivity index (χ2v) is 8.04. The molecule has 1 atom stereocenters. The van der Waals surface area contributed by atoms with E-state index in [1.54, 1.807) is 43.5 Å². The maximum absolute atomic E-state index is 12.8. The van der Waals surface area contributed by atoms with Crippen molar-refractivity contribution in [3.8, 4) is 5.75 Å². The van der Waals surface area contributed by atoms with E-state index in [0.717, 1.165) is 34.7 Å². The van der Waals surface area contributed by atoms with Gasteiger partial charge in [-0.05, 0) is 56.2 Å². The largest absolute Gasteiger partial charge is 0.497 e. The minimum absolute atomic E-state index is 0.0874. The number of fused-ring (bicyclic) bond motifs is 1. The van der Waals surface area contributed by atoms with Crippen LogP contribution in [0.1, 0.15) is 38.8 Å². The molecular formula is C22H21N3O3S. The lowest BCUT2D eigenvalue weighted by Gasteiger charge is -2.11. The van der Waals surface area contributed by atoms with Crippen molar-refractivity contribution in [2.24, 2.45) is 0 Å². The Morgan fingerprint density at radius 1 is 1.07 bits per heavy atom. The Balaban J connectivity index is 1.44. The van der Waals surface area contributed by atoms with Crippen LogP contribution in [0, 0.1) is 6.92 Å². The topological polar surface area (TPSA) is 80.3 Å². The van der Waals surface area contributed by atoms with Gasteiger partial charge in [-0.3, -0.25) is 14.9 Å². The fraction of sp³-hybridized carbons (Fsp3) is 0.227. The van der Waals surface area contributed by atoms with Gasteiger partial charge in [-0.1, -0.05) is 17.7 Å². The minimum Gasteiger partial charge on any atom is -0.497 e. The molecule has 1 unspecified atom stereocenters. The summed E-state index contributed by atoms with van der Waals surface area (Å²) in [6, 6.07) is 14.6. The summed E-state index contributed by atoms with van der Waals surface area (Å²) in [5.41, 5.74) is 3.16. The third kappa shape index (κ3) is 4.14. The van der Waals surface area contributed by atoms with Gasteiger partial charge in [-0.15, -0.1) is 11.3 Å². The van der Waals surface area contributed by atoms with E-state index in [9.17, 15) is 9.59 Å². The Kier molecular flexibility index (Phi) is 5.31. The highest BCUT2D eigenvalue weighted by atomic mass is 32.1. The number of nitrogens with one attached hydrogen (secondary N) is 2. The Morgan fingerprint density at radius 2 is 1.79 bits per heavy atom. The summed E-state index contributed by atoms with van der Waals surface area (Å²) < 4.78 is 5.14. The second-order valence-electron chi connectivity index (χ2n) is 6.96. The standard InChI is InChI=1S/C22H21N3O3S/c1-13-3-5-14(6-4-13)20(26)25-22-24-19-17(11-12-18(19)29-22)21(27)23-15-7-9-16(28-2)10-8-15/h3-10,17H,11-12H2,1-2H3,(H,23,27)(H,24,25,26). The quantitative estimate of drug-likeness (QED) is 0.658. The average Bonchev–Trinajstić information content (AvgIpc) is 3.29. The summed E-state index contributed by atoms with van der Waals surface area (Å²) in [4.78, 5) is 30.8. The number of hydrogen-bond acceptors (Lipinski definition) is 5. The molecule has 7 heteroatoms. The molecule has 0 radical (unpaired) electrons. The number of nitrogens with zero attached hydrogens (tertiary/aromatic N) is 1. The highest BCUT2D eigenvalue weighted by Gasteiger charge is 2.33. The Morgan fingerprint density at radius 3 is 2.48 bits per heavy atom. The number of hydrogen-bond donors (Lipinski definition) is 2. The number of amides is 2. The van der Waals surface area contributed by atoms with Crippen LogP contribution in [-0.4, -0.2) is 23.9 Å². The third-order valence-corrected chi connectivity index (χ3v) is 5.97. The lowest BCUT2D eigenvalue weighted by molar-refractivity contribution is -0.117. The van der Waals surface area contributed by atoms with Crippen LogP contribution in [0.4, 0.5) is 10.8 Å². The SMILES string of the molecule is COc1ccc(NC(=O)C2CCc3sc(NC(=O)c4ccc(C)cc4)nc32)cc1. The fourth-order valence-electron chi connectivity index (χ4n) is 3.31. The zero-order valence-corrected chi connectivity index (χ0v) is 17.0. The molecule has 1 aromatic heterocycles. The lowest BCUT2D eigenvalue weighted by Crippen LogP contribution is -2.20. The summed E-state index contributed by atoms with van der Waals surface area (Å²) in [5, 5.41) is 6.32. The number of methoxy groups -OCH3 is 1. The van der Waals surface area contributed by atoms with Crippen LogP contribution in [0.2, 0.25) is 0 Å². The molecule has 0 aliphatic heterocycles. The van der Waals surface area contributed by atoms with E-state index >= 15 is 0 Å². The molecule has 148 valence electrons. The molecule has 0 fully saturated rings. The van der Waals surface area contributed by atoms with Crippen molar-refractivity contribution in [3.05, 3.63) is 70.2 Å². The van der Waals surface area contributed by atoms with Crippen LogP contribution < -0.4 is 15.4 Å². The third-order valence-electron chi connectivity index (χ3n) is 4.93. The molecule has 1 heterocycles. The Hall–Kier alpha value is -3.19. The predicted molar refractivity (Wildman–Crippen MR) is 114 cm³/mol. The van der Waals surface area contributed by atoms with E-state index in [1.807, 2.05) is 19.1 Å². The monoisotopic (exact) mass is 407 g/mol. The summed E-state index contributed by atoms with van der Waals surface area (Å²) in [6.07, 6.45) is 1.51. The molecule has 0 spiro atoms. The number of aromatic nitrogens is 1. The molecule has 4 rings (SSSR count). The molecule has 0 bridgehead atoms. The van der Waals surface area contributed by atoms with E-state index in [0.29, 0.717) is 16.4 Å². The van der Waals surface area contributed by atoms with E-state index in [-0.39, 0.29) is 17.7 Å². The first kappa shape index (κ1) is 19.1. The molecule has 2 N–H and O–H groups in total. The molecular weight excluding hydrogens is 386 g/mol. The van der Waals surface area contributed by atoms with Crippen LogP contribution in [0.5, 0.6) is 5.75 Å². The van der Waals surface area contributed by atoms with Gasteiger partial charge in [0.05, 0.1) is 18.7 Å². The zero-order valence-electron chi connectivity index (χ0n) is 16.2. The van der Waals surface area contributed by atoms with Crippen LogP contribution in [-0.2, 0) is 11.2 Å². The zero-order chi connectivity index (χ0) is 20.4. The van der Waals surface area contributed by atoms with Crippen LogP contribution in [0.15, 0.2) is 48.5 Å². The van der Waals surface area contributed by atoms with E-state index in [1.165, 1.54) is 11.3 Å². The number of anilines is 2. The van der Waals surface area contributed by atoms with E-state index < -0.39 is 0 Å². The Labute approximate surface area is 172 Å². The van der Waals surface area contributed by atoms with Gasteiger partial charge in [-0.2, -0.15) is 0 Å². The van der Waals surface area contributed by atoms with Gasteiger partial charge >= 0.3 is 0 Å². The normalized spacial score (nSPS) is 14.9. The van der Waals surface area contributed by atoms with Gasteiger partial charge in [0.15, 0.2) is 5.13 Å². The van der Waals surface area contributed by atoms with E-state index in [4.69, 9.17) is 4.74 Å². The molecule has 2 aromatic carbocycles. The maximum atomic E-state index is 12.8. The van der Waals surface area contributed by atoms with Gasteiger partial charge in [0, 0.05) is 16.1 Å². The number of carbonyl (C=O) groups excluding carboxylic acids is 2. The van der Waals surface area contributed by atoms with Gasteiger partial charge < -0.3 is 10.1 Å². The highest BCUT2D eigenvalue weighted by molar-refractivity contribution is 7.16. The molecule has 0 saturated heterocycles. The first-order valence-corrected chi connectivity index (χ1v) is 10.2. The number of ether oxygens (including phenoxy) is 1. The highest BCUT2D eigenvalue weighted by Crippen LogP contribution is 2.39. The molecule has 6 nitrogen and oxygen atoms in total. The molecule has 2 amide bonds. The first-order valence-electron chi connectivity index (χ1n) is 9.36. The molecule has 3 aromatic rings. The average molecular weight is 407 g/mol. The van der Waals surface area contributed by atoms with Crippen molar-refractivity contribution in [3.63, 3.8) is 0 Å². The summed E-state index contributed by atoms with van der Waals surface area (Å²) in [5.74, 6) is 0.139. The summed E-state index contributed by atoms with van der Waals surface area (Å²) in [7, 11) is 1.60. The summed E-state index contributed by atoms with van der Waals surface area (Å²) >= 11 is 1.44. The molecule has 29 heavy (non-hydrogen) atoms. The van der Waals surface area contributed by atoms with Crippen molar-refractivity contribution in [2.45, 2.75) is 25.7 Å². The number of thiazole rings is 1. The van der Waals surface area contributed by atoms with Crippen molar-refractivity contribution in [2.75, 3.05) is 17.7 Å². The van der Waals surface area contributed by atoms with Gasteiger partial charge in [0.1, 0.15) is 5.75 Å². The van der Waals surface area contributed by atoms with Gasteiger partial charge in [0.2, 0.25) is 5.91 Å². The second kappa shape index (κ2) is 8.05. The van der Waals surface area contributed by atoms with Crippen molar-refractivity contribution < 1.29 is 14.3 Å². The summed E-state index contributed by atoms with van der Waals surface area (Å²) in [6.45, 7) is 1.98. The van der Waals surface area contributed by atoms with Crippen LogP contribution in [0.3, 0.4) is 0 Å². The predicted octanol–water partition coefficient (Wildman–Crippen LogP) is 4.38. The van der Waals surface area contributed by atoms with Gasteiger partial charge in [-0.25, -0.2) is 4.98 Å². The number of carbonyl (C=O) groups is 2. The lowest BCUT2D eigenvalue weighted by atomic mass is 10.1. The van der Waals surface area contributed by atoms with E-state index in [2.05, 4.69) is 15.6 Å². The van der Waals surface area contributed by atoms with Crippen molar-refractivity contribution >= 4 is 34.0 Å². The fourth-order valence-corrected chi connectivity index (χ4v) is 4.35. The molecule has 1 aliphatic carbocycles. The van der Waals surface area contributed by atoms with Gasteiger partial charge in [0.25, 0.3) is 5.91 Å². The molecule has 1 aliphatic rings. The van der Waals surface area contributed by atoms with Crippen LogP contribution >= 0.6 is 11.3 Å². The smallest absolute Gasteiger partial charge is 0.257 e. The maximum Gasteiger partial charge on any atom is 0.257 e. The Bertz CT molecular complexity index is 1040. The van der Waals surface area contributed by atoms with Crippen molar-refractivity contribution in [1.29, 1.82) is 0 Å². The number of benzene rings is 2. The molecule has 0 saturated carbocycles. The number of aryl methyl sites for hydroxylation is 2.